The Hall–Kier alpha value is -3.48. The molecule has 3 aromatic rings. The van der Waals surface area contributed by atoms with Gasteiger partial charge in [-0.25, -0.2) is 4.98 Å². The molecule has 0 saturated carbocycles. The molecule has 158 valence electrons. The van der Waals surface area contributed by atoms with E-state index in [2.05, 4.69) is 9.97 Å². The summed E-state index contributed by atoms with van der Waals surface area (Å²) in [6.45, 7) is 0.407. The molecule has 1 aromatic heterocycles. The molecular formula is C24H24N4O3. The van der Waals surface area contributed by atoms with Crippen molar-refractivity contribution >= 4 is 28.8 Å². The molecule has 2 aliphatic heterocycles. The Morgan fingerprint density at radius 2 is 1.84 bits per heavy atom. The predicted octanol–water partition coefficient (Wildman–Crippen LogP) is 2.84. The van der Waals surface area contributed by atoms with Gasteiger partial charge in [-0.2, -0.15) is 0 Å². The van der Waals surface area contributed by atoms with Gasteiger partial charge in [0.05, 0.1) is 23.0 Å². The maximum atomic E-state index is 13.1. The van der Waals surface area contributed by atoms with E-state index in [0.29, 0.717) is 13.0 Å². The molecule has 0 spiro atoms. The summed E-state index contributed by atoms with van der Waals surface area (Å²) < 4.78 is 0. The Morgan fingerprint density at radius 1 is 1.06 bits per heavy atom. The van der Waals surface area contributed by atoms with Crippen molar-refractivity contribution in [1.82, 2.24) is 19.8 Å². The van der Waals surface area contributed by atoms with Gasteiger partial charge in [-0.1, -0.05) is 42.5 Å². The van der Waals surface area contributed by atoms with Crippen LogP contribution in [0.3, 0.4) is 0 Å². The zero-order chi connectivity index (χ0) is 21.4. The molecular weight excluding hydrogens is 392 g/mol. The molecule has 3 heterocycles. The number of benzene rings is 2. The Kier molecular flexibility index (Phi) is 5.02. The summed E-state index contributed by atoms with van der Waals surface area (Å²) in [6, 6.07) is 17.3. The fourth-order valence-electron chi connectivity index (χ4n) is 4.68. The highest BCUT2D eigenvalue weighted by molar-refractivity contribution is 6.06. The third-order valence-electron chi connectivity index (χ3n) is 6.25. The molecule has 2 aliphatic rings. The lowest BCUT2D eigenvalue weighted by molar-refractivity contribution is -0.146. The lowest BCUT2D eigenvalue weighted by Crippen LogP contribution is -2.43. The molecule has 0 unspecified atom stereocenters. The number of imidazole rings is 1. The number of hydrogen-bond acceptors (Lipinski definition) is 4. The highest BCUT2D eigenvalue weighted by atomic mass is 16.2. The summed E-state index contributed by atoms with van der Waals surface area (Å²) in [4.78, 5) is 49.3. The number of fused-ring (bicyclic) bond motifs is 1. The van der Waals surface area contributed by atoms with E-state index in [1.807, 2.05) is 54.6 Å². The molecule has 3 amide bonds. The van der Waals surface area contributed by atoms with Crippen LogP contribution in [0.15, 0.2) is 54.6 Å². The summed E-state index contributed by atoms with van der Waals surface area (Å²) >= 11 is 0. The van der Waals surface area contributed by atoms with Crippen molar-refractivity contribution in [2.45, 2.75) is 31.7 Å². The molecule has 0 aliphatic carbocycles. The van der Waals surface area contributed by atoms with Gasteiger partial charge in [-0.3, -0.25) is 19.3 Å². The smallest absolute Gasteiger partial charge is 0.243 e. The van der Waals surface area contributed by atoms with Crippen molar-refractivity contribution in [3.63, 3.8) is 0 Å². The average molecular weight is 416 g/mol. The monoisotopic (exact) mass is 416 g/mol. The predicted molar refractivity (Wildman–Crippen MR) is 115 cm³/mol. The molecule has 5 rings (SSSR count). The minimum atomic E-state index is -0.396. The Balaban J connectivity index is 1.28. The van der Waals surface area contributed by atoms with E-state index >= 15 is 0 Å². The molecule has 31 heavy (non-hydrogen) atoms. The van der Waals surface area contributed by atoms with E-state index < -0.39 is 5.92 Å². The molecule has 7 heteroatoms. The van der Waals surface area contributed by atoms with Crippen molar-refractivity contribution in [3.8, 4) is 0 Å². The fraction of sp³-hybridized carbons (Fsp3) is 0.333. The molecule has 2 aromatic carbocycles. The van der Waals surface area contributed by atoms with Crippen LogP contribution in [0, 0.1) is 5.92 Å². The normalized spacial score (nSPS) is 21.4. The van der Waals surface area contributed by atoms with Gasteiger partial charge < -0.3 is 9.88 Å². The first-order valence-corrected chi connectivity index (χ1v) is 10.7. The maximum Gasteiger partial charge on any atom is 0.243 e. The highest BCUT2D eigenvalue weighted by Gasteiger charge is 2.41. The summed E-state index contributed by atoms with van der Waals surface area (Å²) in [7, 11) is 0. The van der Waals surface area contributed by atoms with Crippen LogP contribution in [0.25, 0.3) is 11.0 Å². The molecule has 0 radical (unpaired) electrons. The minimum absolute atomic E-state index is 0.159. The summed E-state index contributed by atoms with van der Waals surface area (Å²) in [5, 5.41) is 0. The number of H-pyrrole nitrogens is 1. The number of aromatic amines is 1. The number of nitrogens with zero attached hydrogens (tertiary/aromatic N) is 3. The van der Waals surface area contributed by atoms with Crippen molar-refractivity contribution in [2.24, 2.45) is 5.92 Å². The summed E-state index contributed by atoms with van der Waals surface area (Å²) in [5.41, 5.74) is 2.82. The summed E-state index contributed by atoms with van der Waals surface area (Å²) in [5.74, 6) is -0.356. The molecule has 2 atom stereocenters. The van der Waals surface area contributed by atoms with Crippen LogP contribution < -0.4 is 0 Å². The van der Waals surface area contributed by atoms with Crippen LogP contribution in [0.4, 0.5) is 0 Å². The molecule has 0 bridgehead atoms. The number of amides is 3. The number of nitrogens with one attached hydrogen (secondary N) is 1. The number of hydrogen-bond donors (Lipinski definition) is 1. The average Bonchev–Trinajstić information content (AvgIpc) is 3.48. The van der Waals surface area contributed by atoms with E-state index in [4.69, 9.17) is 0 Å². The Labute approximate surface area is 180 Å². The van der Waals surface area contributed by atoms with Crippen molar-refractivity contribution in [1.29, 1.82) is 0 Å². The SMILES string of the molecule is O=C1C[C@@H](Cc2ccccc2)C(=O)N1CC(=O)N1CCC[C@@H]1c1nc2ccccc2[nH]1. The van der Waals surface area contributed by atoms with Gasteiger partial charge in [0.15, 0.2) is 0 Å². The van der Waals surface area contributed by atoms with Crippen LogP contribution in [0.1, 0.15) is 36.7 Å². The second kappa shape index (κ2) is 7.98. The van der Waals surface area contributed by atoms with E-state index in [1.165, 1.54) is 0 Å². The van der Waals surface area contributed by atoms with Crippen molar-refractivity contribution in [2.75, 3.05) is 13.1 Å². The standard InChI is InChI=1S/C24H24N4O3/c29-21-14-17(13-16-7-2-1-3-8-16)24(31)28(21)15-22(30)27-12-6-11-20(27)23-25-18-9-4-5-10-19(18)26-23/h1-5,7-10,17,20H,6,11-15H2,(H,25,26)/t17-,20-/m1/s1. The fourth-order valence-corrected chi connectivity index (χ4v) is 4.68. The van der Waals surface area contributed by atoms with E-state index in [1.54, 1.807) is 4.90 Å². The van der Waals surface area contributed by atoms with Crippen LogP contribution in [-0.2, 0) is 20.8 Å². The van der Waals surface area contributed by atoms with Crippen molar-refractivity contribution in [3.05, 3.63) is 66.0 Å². The highest BCUT2D eigenvalue weighted by Crippen LogP contribution is 2.32. The van der Waals surface area contributed by atoms with Gasteiger partial charge in [0.1, 0.15) is 12.4 Å². The van der Waals surface area contributed by atoms with Crippen LogP contribution in [0.2, 0.25) is 0 Å². The quantitative estimate of drug-likeness (QED) is 0.648. The van der Waals surface area contributed by atoms with E-state index in [0.717, 1.165) is 40.2 Å². The Bertz CT molecular complexity index is 1110. The van der Waals surface area contributed by atoms with Crippen LogP contribution in [0.5, 0.6) is 0 Å². The number of para-hydroxylation sites is 2. The number of carbonyl (C=O) groups excluding carboxylic acids is 3. The largest absolute Gasteiger partial charge is 0.340 e. The van der Waals surface area contributed by atoms with Gasteiger partial charge in [0, 0.05) is 13.0 Å². The zero-order valence-electron chi connectivity index (χ0n) is 17.2. The van der Waals surface area contributed by atoms with Gasteiger partial charge in [-0.05, 0) is 37.0 Å². The zero-order valence-corrected chi connectivity index (χ0v) is 17.2. The van der Waals surface area contributed by atoms with E-state index in [9.17, 15) is 14.4 Å². The van der Waals surface area contributed by atoms with Crippen LogP contribution >= 0.6 is 0 Å². The first-order chi connectivity index (χ1) is 15.1. The first-order valence-electron chi connectivity index (χ1n) is 10.7. The second-order valence-electron chi connectivity index (χ2n) is 8.29. The third-order valence-corrected chi connectivity index (χ3v) is 6.25. The van der Waals surface area contributed by atoms with Gasteiger partial charge in [0.25, 0.3) is 0 Å². The molecule has 2 saturated heterocycles. The minimum Gasteiger partial charge on any atom is -0.340 e. The molecule has 1 N–H and O–H groups in total. The van der Waals surface area contributed by atoms with Crippen LogP contribution in [-0.4, -0.2) is 50.6 Å². The second-order valence-corrected chi connectivity index (χ2v) is 8.29. The number of carbonyl (C=O) groups is 3. The van der Waals surface area contributed by atoms with Gasteiger partial charge >= 0.3 is 0 Å². The number of rotatable bonds is 5. The van der Waals surface area contributed by atoms with Crippen molar-refractivity contribution < 1.29 is 14.4 Å². The topological polar surface area (TPSA) is 86.4 Å². The number of aromatic nitrogens is 2. The number of likely N-dealkylation sites (tertiary alicyclic amines) is 2. The summed E-state index contributed by atoms with van der Waals surface area (Å²) in [6.07, 6.45) is 2.35. The maximum absolute atomic E-state index is 13.1. The van der Waals surface area contributed by atoms with Gasteiger partial charge in [-0.15, -0.1) is 0 Å². The van der Waals surface area contributed by atoms with E-state index in [-0.39, 0.29) is 36.7 Å². The first kappa shape index (κ1) is 19.5. The lowest BCUT2D eigenvalue weighted by atomic mass is 9.98. The molecule has 2 fully saturated rings. The third kappa shape index (κ3) is 3.71. The lowest BCUT2D eigenvalue weighted by Gasteiger charge is -2.25. The number of imide groups is 1. The van der Waals surface area contributed by atoms with Gasteiger partial charge in [0.2, 0.25) is 17.7 Å². The molecule has 7 nitrogen and oxygen atoms in total. The Morgan fingerprint density at radius 3 is 2.65 bits per heavy atom.